The first-order chi connectivity index (χ1) is 13.2. The number of H-pyrrole nitrogens is 1. The first kappa shape index (κ1) is 19.0. The molecule has 148 valence electrons. The lowest BCUT2D eigenvalue weighted by Gasteiger charge is -2.36. The van der Waals surface area contributed by atoms with Crippen LogP contribution < -0.4 is 10.6 Å². The largest absolute Gasteiger partial charge is 0.434 e. The van der Waals surface area contributed by atoms with Gasteiger partial charge in [-0.05, 0) is 38.0 Å². The highest BCUT2D eigenvalue weighted by atomic mass is 32.2. The minimum absolute atomic E-state index is 0.0363. The van der Waals surface area contributed by atoms with Crippen molar-refractivity contribution in [3.63, 3.8) is 0 Å². The van der Waals surface area contributed by atoms with Gasteiger partial charge in [0.2, 0.25) is 5.95 Å². The maximum Gasteiger partial charge on any atom is 0.434 e. The average Bonchev–Trinajstić information content (AvgIpc) is 3.04. The van der Waals surface area contributed by atoms with Gasteiger partial charge in [-0.1, -0.05) is 11.8 Å². The van der Waals surface area contributed by atoms with Crippen LogP contribution in [0.15, 0.2) is 40.4 Å². The number of hydrogen-bond donors (Lipinski definition) is 2. The van der Waals surface area contributed by atoms with Crippen LogP contribution in [-0.4, -0.2) is 38.6 Å². The van der Waals surface area contributed by atoms with Gasteiger partial charge in [0.25, 0.3) is 0 Å². The van der Waals surface area contributed by atoms with E-state index >= 15 is 0 Å². The molecule has 1 fully saturated rings. The molecule has 10 heteroatoms. The highest BCUT2D eigenvalue weighted by molar-refractivity contribution is 7.99. The van der Waals surface area contributed by atoms with Gasteiger partial charge in [-0.25, -0.2) is 4.98 Å². The predicted octanol–water partition coefficient (Wildman–Crippen LogP) is 3.84. The Morgan fingerprint density at radius 3 is 2.71 bits per heavy atom. The molecule has 3 N–H and O–H groups in total. The third-order valence-electron chi connectivity index (χ3n) is 4.77. The van der Waals surface area contributed by atoms with Crippen LogP contribution >= 0.6 is 11.8 Å². The molecule has 0 radical (unpaired) electrons. The van der Waals surface area contributed by atoms with E-state index in [9.17, 15) is 13.2 Å². The number of anilines is 1. The normalized spacial score (nSPS) is 17.2. The lowest BCUT2D eigenvalue weighted by atomic mass is 9.91. The third-order valence-corrected chi connectivity index (χ3v) is 5.78. The number of aromatic nitrogens is 4. The van der Waals surface area contributed by atoms with E-state index in [4.69, 9.17) is 5.73 Å². The third kappa shape index (κ3) is 3.93. The molecule has 4 rings (SSSR count). The van der Waals surface area contributed by atoms with E-state index < -0.39 is 11.9 Å². The summed E-state index contributed by atoms with van der Waals surface area (Å²) in [4.78, 5) is 18.2. The summed E-state index contributed by atoms with van der Waals surface area (Å²) in [5, 5.41) is 0. The van der Waals surface area contributed by atoms with E-state index in [1.54, 1.807) is 6.07 Å². The maximum absolute atomic E-state index is 13.1. The molecule has 0 amide bonds. The van der Waals surface area contributed by atoms with E-state index in [0.29, 0.717) is 22.0 Å². The Hall–Kier alpha value is -2.33. The smallest absolute Gasteiger partial charge is 0.342 e. The van der Waals surface area contributed by atoms with Crippen molar-refractivity contribution in [1.29, 1.82) is 0 Å². The van der Waals surface area contributed by atoms with Crippen LogP contribution in [0.2, 0.25) is 0 Å². The molecule has 28 heavy (non-hydrogen) atoms. The Balaban J connectivity index is 1.58. The van der Waals surface area contributed by atoms with Gasteiger partial charge in [-0.15, -0.1) is 0 Å². The summed E-state index contributed by atoms with van der Waals surface area (Å²) < 4.78 is 39.4. The second-order valence-electron chi connectivity index (χ2n) is 7.19. The van der Waals surface area contributed by atoms with Crippen LogP contribution in [0, 0.1) is 0 Å². The molecule has 0 aromatic carbocycles. The fourth-order valence-corrected chi connectivity index (χ4v) is 4.06. The summed E-state index contributed by atoms with van der Waals surface area (Å²) in [5.74, 6) is 0.706. The molecular weight excluding hydrogens is 389 g/mol. The maximum atomic E-state index is 13.1. The van der Waals surface area contributed by atoms with Gasteiger partial charge in [-0.3, -0.25) is 4.98 Å². The minimum Gasteiger partial charge on any atom is -0.342 e. The summed E-state index contributed by atoms with van der Waals surface area (Å²) in [6.45, 7) is 3.62. The van der Waals surface area contributed by atoms with Crippen molar-refractivity contribution in [2.45, 2.75) is 41.3 Å². The molecule has 4 heterocycles. The Kier molecular flexibility index (Phi) is 4.70. The van der Waals surface area contributed by atoms with Gasteiger partial charge in [0.05, 0.1) is 5.52 Å². The number of imidazole rings is 1. The van der Waals surface area contributed by atoms with E-state index in [2.05, 4.69) is 24.8 Å². The molecule has 1 aliphatic rings. The molecule has 0 bridgehead atoms. The number of halogens is 3. The number of piperidine rings is 1. The fourth-order valence-electron chi connectivity index (χ4n) is 3.12. The summed E-state index contributed by atoms with van der Waals surface area (Å²) in [5.41, 5.74) is 6.32. The highest BCUT2D eigenvalue weighted by Gasteiger charge is 2.35. The number of fused-ring (bicyclic) bond motifs is 1. The minimum atomic E-state index is -4.51. The molecule has 0 unspecified atom stereocenters. The van der Waals surface area contributed by atoms with Crippen LogP contribution in [0.1, 0.15) is 25.5 Å². The lowest BCUT2D eigenvalue weighted by molar-refractivity contribution is -0.143. The Labute approximate surface area is 163 Å². The number of alkyl halides is 3. The molecule has 0 atom stereocenters. The van der Waals surface area contributed by atoms with Crippen LogP contribution in [0.4, 0.5) is 19.1 Å². The van der Waals surface area contributed by atoms with Crippen molar-refractivity contribution in [2.75, 3.05) is 18.0 Å². The van der Waals surface area contributed by atoms with Crippen molar-refractivity contribution >= 4 is 28.9 Å². The number of pyridine rings is 2. The molecule has 1 aliphatic heterocycles. The second kappa shape index (κ2) is 6.93. The zero-order valence-corrected chi connectivity index (χ0v) is 15.9. The van der Waals surface area contributed by atoms with Crippen LogP contribution in [0.3, 0.4) is 0 Å². The summed E-state index contributed by atoms with van der Waals surface area (Å²) in [6, 6.07) is 4.65. The molecule has 3 aromatic rings. The zero-order chi connectivity index (χ0) is 19.9. The number of nitrogens with one attached hydrogen (secondary N) is 1. The predicted molar refractivity (Wildman–Crippen MR) is 101 cm³/mol. The Bertz CT molecular complexity index is 990. The Morgan fingerprint density at radius 1 is 1.25 bits per heavy atom. The number of rotatable bonds is 3. The first-order valence-electron chi connectivity index (χ1n) is 8.81. The second-order valence-corrected chi connectivity index (χ2v) is 8.31. The van der Waals surface area contributed by atoms with Crippen molar-refractivity contribution in [3.05, 3.63) is 36.3 Å². The molecule has 1 saturated heterocycles. The lowest BCUT2D eigenvalue weighted by Crippen LogP contribution is -2.48. The van der Waals surface area contributed by atoms with E-state index in [1.807, 2.05) is 6.92 Å². The zero-order valence-electron chi connectivity index (χ0n) is 15.1. The van der Waals surface area contributed by atoms with Gasteiger partial charge in [-0.2, -0.15) is 18.2 Å². The quantitative estimate of drug-likeness (QED) is 0.685. The Morgan fingerprint density at radius 2 is 2.00 bits per heavy atom. The topological polar surface area (TPSA) is 83.7 Å². The van der Waals surface area contributed by atoms with E-state index in [1.165, 1.54) is 18.3 Å². The summed E-state index contributed by atoms with van der Waals surface area (Å²) >= 11 is 0.978. The number of nitrogens with two attached hydrogens (primary N) is 1. The van der Waals surface area contributed by atoms with Crippen molar-refractivity contribution in [2.24, 2.45) is 5.73 Å². The van der Waals surface area contributed by atoms with Crippen molar-refractivity contribution in [1.82, 2.24) is 19.9 Å². The SMILES string of the molecule is CC1(N)CCN(c2nc3ncc(Sc4cccnc4C(F)(F)F)cc3[nH]2)CC1. The van der Waals surface area contributed by atoms with Crippen molar-refractivity contribution < 1.29 is 13.2 Å². The van der Waals surface area contributed by atoms with Crippen LogP contribution in [0.5, 0.6) is 0 Å². The van der Waals surface area contributed by atoms with Crippen LogP contribution in [-0.2, 0) is 6.18 Å². The molecule has 3 aromatic heterocycles. The van der Waals surface area contributed by atoms with E-state index in [-0.39, 0.29) is 10.4 Å². The highest BCUT2D eigenvalue weighted by Crippen LogP contribution is 2.38. The van der Waals surface area contributed by atoms with Crippen molar-refractivity contribution in [3.8, 4) is 0 Å². The molecule has 0 spiro atoms. The standard InChI is InChI=1S/C18H19F3N6S/c1-17(22)4-7-27(8-5-17)16-25-12-9-11(10-24-15(12)26-16)28-13-3-2-6-23-14(13)18(19,20)21/h2-3,6,9-10H,4-5,7-8,22H2,1H3,(H,24,25,26). The van der Waals surface area contributed by atoms with Gasteiger partial charge < -0.3 is 15.6 Å². The summed E-state index contributed by atoms with van der Waals surface area (Å²) in [7, 11) is 0. The van der Waals surface area contributed by atoms with Gasteiger partial charge >= 0.3 is 6.18 Å². The fraction of sp³-hybridized carbons (Fsp3) is 0.389. The number of nitrogens with zero attached hydrogens (tertiary/aromatic N) is 4. The van der Waals surface area contributed by atoms with Gasteiger partial charge in [0.1, 0.15) is 0 Å². The summed E-state index contributed by atoms with van der Waals surface area (Å²) in [6.07, 6.45) is -0.119. The molecular formula is C18H19F3N6S. The van der Waals surface area contributed by atoms with E-state index in [0.717, 1.165) is 43.9 Å². The van der Waals surface area contributed by atoms with Gasteiger partial charge in [0.15, 0.2) is 11.3 Å². The molecule has 0 saturated carbocycles. The van der Waals surface area contributed by atoms with Gasteiger partial charge in [0, 0.05) is 40.8 Å². The number of aromatic amines is 1. The molecule has 6 nitrogen and oxygen atoms in total. The average molecular weight is 408 g/mol. The first-order valence-corrected chi connectivity index (χ1v) is 9.63. The van der Waals surface area contributed by atoms with Crippen LogP contribution in [0.25, 0.3) is 11.2 Å². The molecule has 0 aliphatic carbocycles. The number of hydrogen-bond acceptors (Lipinski definition) is 6. The monoisotopic (exact) mass is 408 g/mol.